The molecule has 0 radical (unpaired) electrons. The SMILES string of the molecule is CCc1nccn1CCOc1cccc(CN2CCCC(O)(COc3cc(C)ccc3Cl)CC2)c1. The predicted octanol–water partition coefficient (Wildman–Crippen LogP) is 5.28. The number of aliphatic hydroxyl groups is 1. The van der Waals surface area contributed by atoms with Crippen LogP contribution in [0.1, 0.15) is 43.1 Å². The number of likely N-dealkylation sites (tertiary alicyclic amines) is 1. The standard InChI is InChI=1S/C28H36ClN3O3/c1-3-27-30-12-15-32(27)16-17-34-24-7-4-6-23(19-24)20-31-13-5-10-28(33,11-14-31)21-35-26-18-22(2)8-9-25(26)29/h4,6-9,12,15,18-19,33H,3,5,10-11,13-14,16-17,20-21H2,1-2H3. The number of aromatic nitrogens is 2. The number of hydrogen-bond acceptors (Lipinski definition) is 5. The molecule has 1 aliphatic rings. The Morgan fingerprint density at radius 2 is 2.00 bits per heavy atom. The molecule has 35 heavy (non-hydrogen) atoms. The molecule has 1 atom stereocenters. The van der Waals surface area contributed by atoms with E-state index in [2.05, 4.69) is 33.5 Å². The van der Waals surface area contributed by atoms with Gasteiger partial charge in [-0.3, -0.25) is 4.90 Å². The highest BCUT2D eigenvalue weighted by atomic mass is 35.5. The van der Waals surface area contributed by atoms with Gasteiger partial charge in [-0.1, -0.05) is 36.7 Å². The third kappa shape index (κ3) is 7.23. The van der Waals surface area contributed by atoms with Gasteiger partial charge in [0.05, 0.1) is 17.2 Å². The van der Waals surface area contributed by atoms with Crippen molar-refractivity contribution in [3.63, 3.8) is 0 Å². The number of nitrogens with zero attached hydrogens (tertiary/aromatic N) is 3. The van der Waals surface area contributed by atoms with Gasteiger partial charge in [-0.15, -0.1) is 0 Å². The summed E-state index contributed by atoms with van der Waals surface area (Å²) in [6, 6.07) is 14.0. The molecule has 1 saturated heterocycles. The van der Waals surface area contributed by atoms with Crippen LogP contribution in [0.15, 0.2) is 54.9 Å². The number of aryl methyl sites for hydroxylation is 2. The van der Waals surface area contributed by atoms with Crippen molar-refractivity contribution in [1.82, 2.24) is 14.5 Å². The third-order valence-electron chi connectivity index (χ3n) is 6.62. The molecule has 0 bridgehead atoms. The van der Waals surface area contributed by atoms with Gasteiger partial charge in [0, 0.05) is 31.9 Å². The number of ether oxygens (including phenoxy) is 2. The summed E-state index contributed by atoms with van der Waals surface area (Å²) in [5.41, 5.74) is 1.45. The summed E-state index contributed by atoms with van der Waals surface area (Å²) in [6.07, 6.45) is 7.05. The first-order valence-electron chi connectivity index (χ1n) is 12.5. The smallest absolute Gasteiger partial charge is 0.138 e. The molecule has 6 nitrogen and oxygen atoms in total. The molecular weight excluding hydrogens is 462 g/mol. The topological polar surface area (TPSA) is 59.8 Å². The van der Waals surface area contributed by atoms with E-state index in [1.165, 1.54) is 5.56 Å². The van der Waals surface area contributed by atoms with Gasteiger partial charge in [-0.05, 0) is 68.1 Å². The molecule has 3 aromatic rings. The number of benzene rings is 2. The summed E-state index contributed by atoms with van der Waals surface area (Å²) in [5, 5.41) is 11.8. The average Bonchev–Trinajstić information content (AvgIpc) is 3.23. The summed E-state index contributed by atoms with van der Waals surface area (Å²) >= 11 is 6.26. The Morgan fingerprint density at radius 3 is 2.86 bits per heavy atom. The fraction of sp³-hybridized carbons (Fsp3) is 0.464. The van der Waals surface area contributed by atoms with Crippen LogP contribution in [0.4, 0.5) is 0 Å². The van der Waals surface area contributed by atoms with Crippen molar-refractivity contribution in [2.75, 3.05) is 26.3 Å². The van der Waals surface area contributed by atoms with Crippen molar-refractivity contribution < 1.29 is 14.6 Å². The van der Waals surface area contributed by atoms with E-state index in [0.29, 0.717) is 30.2 Å². The van der Waals surface area contributed by atoms with Crippen LogP contribution in [0.5, 0.6) is 11.5 Å². The summed E-state index contributed by atoms with van der Waals surface area (Å²) in [5.74, 6) is 2.60. The van der Waals surface area contributed by atoms with Gasteiger partial charge in [0.1, 0.15) is 30.5 Å². The lowest BCUT2D eigenvalue weighted by molar-refractivity contribution is -0.0168. The van der Waals surface area contributed by atoms with Crippen molar-refractivity contribution in [3.05, 3.63) is 76.8 Å². The van der Waals surface area contributed by atoms with Crippen molar-refractivity contribution in [2.45, 2.75) is 58.2 Å². The minimum Gasteiger partial charge on any atom is -0.492 e. The average molecular weight is 498 g/mol. The van der Waals surface area contributed by atoms with Crippen LogP contribution in [0, 0.1) is 6.92 Å². The van der Waals surface area contributed by atoms with Gasteiger partial charge in [0.15, 0.2) is 0 Å². The number of imidazole rings is 1. The second-order valence-electron chi connectivity index (χ2n) is 9.46. The molecule has 4 rings (SSSR count). The fourth-order valence-electron chi connectivity index (χ4n) is 4.58. The van der Waals surface area contributed by atoms with Crippen LogP contribution in [0.2, 0.25) is 5.02 Å². The molecule has 1 aliphatic heterocycles. The molecule has 2 heterocycles. The van der Waals surface area contributed by atoms with Gasteiger partial charge < -0.3 is 19.1 Å². The maximum atomic E-state index is 11.2. The number of rotatable bonds is 10. The van der Waals surface area contributed by atoms with Gasteiger partial charge in [-0.25, -0.2) is 4.98 Å². The van der Waals surface area contributed by atoms with Crippen LogP contribution in [0.3, 0.4) is 0 Å². The summed E-state index contributed by atoms with van der Waals surface area (Å²) < 4.78 is 14.1. The monoisotopic (exact) mass is 497 g/mol. The first-order chi connectivity index (χ1) is 16.9. The van der Waals surface area contributed by atoms with Crippen molar-refractivity contribution in [3.8, 4) is 11.5 Å². The van der Waals surface area contributed by atoms with Gasteiger partial charge >= 0.3 is 0 Å². The zero-order valence-corrected chi connectivity index (χ0v) is 21.5. The van der Waals surface area contributed by atoms with Gasteiger partial charge in [0.2, 0.25) is 0 Å². The van der Waals surface area contributed by atoms with Gasteiger partial charge in [0.25, 0.3) is 0 Å². The van der Waals surface area contributed by atoms with E-state index in [9.17, 15) is 5.11 Å². The van der Waals surface area contributed by atoms with Crippen LogP contribution in [-0.2, 0) is 19.5 Å². The van der Waals surface area contributed by atoms with Crippen LogP contribution < -0.4 is 9.47 Å². The summed E-state index contributed by atoms with van der Waals surface area (Å²) in [6.45, 7) is 8.35. The van der Waals surface area contributed by atoms with E-state index in [1.807, 2.05) is 49.6 Å². The highest BCUT2D eigenvalue weighted by Gasteiger charge is 2.31. The van der Waals surface area contributed by atoms with Crippen molar-refractivity contribution >= 4 is 11.6 Å². The Balaban J connectivity index is 1.27. The molecule has 0 saturated carbocycles. The third-order valence-corrected chi connectivity index (χ3v) is 6.93. The van der Waals surface area contributed by atoms with Crippen LogP contribution >= 0.6 is 11.6 Å². The predicted molar refractivity (Wildman–Crippen MR) is 139 cm³/mol. The zero-order chi connectivity index (χ0) is 24.7. The van der Waals surface area contributed by atoms with Gasteiger partial charge in [-0.2, -0.15) is 0 Å². The Bertz CT molecular complexity index is 1100. The first-order valence-corrected chi connectivity index (χ1v) is 12.9. The highest BCUT2D eigenvalue weighted by molar-refractivity contribution is 6.32. The molecule has 7 heteroatoms. The lowest BCUT2D eigenvalue weighted by Crippen LogP contribution is -2.37. The molecule has 188 valence electrons. The largest absolute Gasteiger partial charge is 0.492 e. The lowest BCUT2D eigenvalue weighted by atomic mass is 9.96. The van der Waals surface area contributed by atoms with E-state index in [-0.39, 0.29) is 6.61 Å². The Kier molecular flexibility index (Phi) is 8.71. The molecule has 0 aliphatic carbocycles. The van der Waals surface area contributed by atoms with E-state index < -0.39 is 5.60 Å². The fourth-order valence-corrected chi connectivity index (χ4v) is 4.75. The first kappa shape index (κ1) is 25.5. The zero-order valence-electron chi connectivity index (χ0n) is 20.8. The minimum atomic E-state index is -0.850. The molecule has 0 spiro atoms. The molecule has 1 fully saturated rings. The highest BCUT2D eigenvalue weighted by Crippen LogP contribution is 2.29. The van der Waals surface area contributed by atoms with Crippen LogP contribution in [-0.4, -0.2) is 51.5 Å². The van der Waals surface area contributed by atoms with Crippen molar-refractivity contribution in [2.24, 2.45) is 0 Å². The molecular formula is C28H36ClN3O3. The van der Waals surface area contributed by atoms with E-state index in [1.54, 1.807) is 0 Å². The molecule has 1 aromatic heterocycles. The maximum Gasteiger partial charge on any atom is 0.138 e. The second kappa shape index (κ2) is 11.9. The Hall–Kier alpha value is -2.54. The van der Waals surface area contributed by atoms with Crippen LogP contribution in [0.25, 0.3) is 0 Å². The second-order valence-corrected chi connectivity index (χ2v) is 9.87. The number of halogens is 1. The van der Waals surface area contributed by atoms with E-state index >= 15 is 0 Å². The normalized spacial score (nSPS) is 18.9. The maximum absolute atomic E-state index is 11.2. The molecule has 0 amide bonds. The summed E-state index contributed by atoms with van der Waals surface area (Å²) in [7, 11) is 0. The number of hydrogen-bond donors (Lipinski definition) is 1. The molecule has 1 unspecified atom stereocenters. The molecule has 1 N–H and O–H groups in total. The minimum absolute atomic E-state index is 0.254. The summed E-state index contributed by atoms with van der Waals surface area (Å²) in [4.78, 5) is 6.76. The van der Waals surface area contributed by atoms with E-state index in [0.717, 1.165) is 56.2 Å². The quantitative estimate of drug-likeness (QED) is 0.413. The van der Waals surface area contributed by atoms with E-state index in [4.69, 9.17) is 21.1 Å². The Labute approximate surface area is 213 Å². The Morgan fingerprint density at radius 1 is 1.11 bits per heavy atom. The molecule has 2 aromatic carbocycles. The van der Waals surface area contributed by atoms with Crippen molar-refractivity contribution in [1.29, 1.82) is 0 Å². The lowest BCUT2D eigenvalue weighted by Gasteiger charge is -2.27.